The van der Waals surface area contributed by atoms with Crippen LogP contribution < -0.4 is 5.32 Å². The molecule has 4 heteroatoms. The number of rotatable bonds is 11. The molecule has 0 aliphatic rings. The van der Waals surface area contributed by atoms with Crippen LogP contribution in [0.25, 0.3) is 0 Å². The Kier molecular flexibility index (Phi) is 9.19. The minimum atomic E-state index is -0.810. The van der Waals surface area contributed by atoms with Gasteiger partial charge >= 0.3 is 0 Å². The number of benzene rings is 1. The highest BCUT2D eigenvalue weighted by atomic mass is 19.2. The zero-order valence-electron chi connectivity index (χ0n) is 13.1. The van der Waals surface area contributed by atoms with Gasteiger partial charge in [0.2, 0.25) is 0 Å². The van der Waals surface area contributed by atoms with E-state index in [0.717, 1.165) is 18.9 Å². The van der Waals surface area contributed by atoms with Gasteiger partial charge < -0.3 is 10.1 Å². The molecule has 0 aliphatic carbocycles. The number of unbranched alkanes of at least 4 members (excludes halogenated alkanes) is 4. The van der Waals surface area contributed by atoms with Gasteiger partial charge in [-0.2, -0.15) is 0 Å². The van der Waals surface area contributed by atoms with E-state index in [4.69, 9.17) is 4.74 Å². The van der Waals surface area contributed by atoms with Crippen LogP contribution in [0.1, 0.15) is 57.6 Å². The molecule has 0 aliphatic heterocycles. The van der Waals surface area contributed by atoms with Crippen molar-refractivity contribution in [1.29, 1.82) is 0 Å². The van der Waals surface area contributed by atoms with E-state index >= 15 is 0 Å². The lowest BCUT2D eigenvalue weighted by Gasteiger charge is -2.19. The predicted octanol–water partition coefficient (Wildman–Crippen LogP) is 4.60. The van der Waals surface area contributed by atoms with Gasteiger partial charge in [0.05, 0.1) is 12.6 Å². The maximum Gasteiger partial charge on any atom is 0.163 e. The molecule has 0 saturated heterocycles. The number of ether oxygens (including phenoxy) is 1. The molecule has 1 N–H and O–H groups in total. The van der Waals surface area contributed by atoms with Crippen molar-refractivity contribution in [1.82, 2.24) is 5.32 Å². The van der Waals surface area contributed by atoms with Crippen molar-refractivity contribution >= 4 is 0 Å². The van der Waals surface area contributed by atoms with Crippen LogP contribution in [-0.2, 0) is 4.74 Å². The minimum Gasteiger partial charge on any atom is -0.379 e. The number of likely N-dealkylation sites (N-methyl/N-ethyl adjacent to an activating group) is 1. The Hall–Kier alpha value is -1.00. The Balaban J connectivity index is 2.41. The summed E-state index contributed by atoms with van der Waals surface area (Å²) < 4.78 is 32.7. The molecule has 1 atom stereocenters. The summed E-state index contributed by atoms with van der Waals surface area (Å²) in [4.78, 5) is 0. The third-order valence-electron chi connectivity index (χ3n) is 3.48. The Labute approximate surface area is 126 Å². The molecule has 0 fully saturated rings. The van der Waals surface area contributed by atoms with Gasteiger partial charge in [0.25, 0.3) is 0 Å². The molecule has 0 spiro atoms. The Morgan fingerprint density at radius 2 is 1.86 bits per heavy atom. The lowest BCUT2D eigenvalue weighted by Crippen LogP contribution is -2.26. The van der Waals surface area contributed by atoms with E-state index in [0.29, 0.717) is 25.3 Å². The first-order valence-corrected chi connectivity index (χ1v) is 7.95. The Morgan fingerprint density at radius 3 is 2.57 bits per heavy atom. The third-order valence-corrected chi connectivity index (χ3v) is 3.48. The summed E-state index contributed by atoms with van der Waals surface area (Å²) >= 11 is 0. The van der Waals surface area contributed by atoms with Crippen LogP contribution in [0.3, 0.4) is 0 Å². The molecule has 120 valence electrons. The van der Waals surface area contributed by atoms with Crippen LogP contribution >= 0.6 is 0 Å². The highest BCUT2D eigenvalue weighted by Gasteiger charge is 2.17. The summed E-state index contributed by atoms with van der Waals surface area (Å²) in [6, 6.07) is 3.97. The zero-order chi connectivity index (χ0) is 15.5. The molecular weight excluding hydrogens is 272 g/mol. The van der Waals surface area contributed by atoms with Gasteiger partial charge in [0, 0.05) is 12.2 Å². The fourth-order valence-corrected chi connectivity index (χ4v) is 2.30. The maximum atomic E-state index is 13.8. The molecule has 1 aromatic rings. The lowest BCUT2D eigenvalue weighted by atomic mass is 10.1. The van der Waals surface area contributed by atoms with Gasteiger partial charge in [-0.15, -0.1) is 0 Å². The molecule has 0 heterocycles. The molecule has 1 aromatic carbocycles. The normalized spacial score (nSPS) is 12.6. The van der Waals surface area contributed by atoms with Crippen molar-refractivity contribution in [3.8, 4) is 0 Å². The molecule has 0 saturated carbocycles. The Bertz CT molecular complexity index is 398. The fraction of sp³-hybridized carbons (Fsp3) is 0.647. The van der Waals surface area contributed by atoms with Gasteiger partial charge in [0.15, 0.2) is 11.6 Å². The minimum absolute atomic E-state index is 0.304. The molecule has 0 amide bonds. The average Bonchev–Trinajstić information content (AvgIpc) is 2.48. The summed E-state index contributed by atoms with van der Waals surface area (Å²) in [6.07, 6.45) is 5.89. The van der Waals surface area contributed by atoms with E-state index in [-0.39, 0.29) is 6.04 Å². The molecule has 0 radical (unpaired) electrons. The first-order valence-electron chi connectivity index (χ1n) is 7.95. The summed E-state index contributed by atoms with van der Waals surface area (Å²) in [5.74, 6) is -1.59. The van der Waals surface area contributed by atoms with E-state index in [1.165, 1.54) is 25.3 Å². The van der Waals surface area contributed by atoms with E-state index in [2.05, 4.69) is 12.2 Å². The molecule has 0 aromatic heterocycles. The van der Waals surface area contributed by atoms with E-state index in [1.807, 2.05) is 6.92 Å². The highest BCUT2D eigenvalue weighted by Crippen LogP contribution is 2.20. The van der Waals surface area contributed by atoms with Crippen LogP contribution in [0.2, 0.25) is 0 Å². The van der Waals surface area contributed by atoms with Gasteiger partial charge in [-0.1, -0.05) is 51.7 Å². The molecule has 21 heavy (non-hydrogen) atoms. The van der Waals surface area contributed by atoms with Crippen LogP contribution in [0.5, 0.6) is 0 Å². The highest BCUT2D eigenvalue weighted by molar-refractivity contribution is 5.22. The summed E-state index contributed by atoms with van der Waals surface area (Å²) in [7, 11) is 0. The number of hydrogen-bond acceptors (Lipinski definition) is 2. The van der Waals surface area contributed by atoms with Gasteiger partial charge in [0.1, 0.15) is 0 Å². The van der Waals surface area contributed by atoms with E-state index in [9.17, 15) is 8.78 Å². The summed E-state index contributed by atoms with van der Waals surface area (Å²) in [5, 5.41) is 3.15. The first-order chi connectivity index (χ1) is 10.2. The first kappa shape index (κ1) is 18.1. The van der Waals surface area contributed by atoms with Crippen molar-refractivity contribution in [3.63, 3.8) is 0 Å². The standard InChI is InChI=1S/C17H27F2NO/c1-3-5-6-7-8-12-21-13-16(20-4-2)14-10-9-11-15(18)17(14)19/h9-11,16,20H,3-8,12-13H2,1-2H3. The molecule has 0 bridgehead atoms. The zero-order valence-corrected chi connectivity index (χ0v) is 13.1. The van der Waals surface area contributed by atoms with Gasteiger partial charge in [-0.05, 0) is 19.0 Å². The smallest absolute Gasteiger partial charge is 0.163 e. The van der Waals surface area contributed by atoms with Crippen molar-refractivity contribution in [3.05, 3.63) is 35.4 Å². The number of nitrogens with one attached hydrogen (secondary N) is 1. The largest absolute Gasteiger partial charge is 0.379 e. The molecular formula is C17H27F2NO. The van der Waals surface area contributed by atoms with E-state index in [1.54, 1.807) is 6.07 Å². The quantitative estimate of drug-likeness (QED) is 0.603. The number of halogens is 2. The molecule has 1 rings (SSSR count). The summed E-state index contributed by atoms with van der Waals surface area (Å²) in [5.41, 5.74) is 0.336. The Morgan fingerprint density at radius 1 is 1.10 bits per heavy atom. The van der Waals surface area contributed by atoms with Crippen LogP contribution in [-0.4, -0.2) is 19.8 Å². The second-order valence-electron chi connectivity index (χ2n) is 5.24. The van der Waals surface area contributed by atoms with Gasteiger partial charge in [-0.25, -0.2) is 8.78 Å². The van der Waals surface area contributed by atoms with Crippen molar-refractivity contribution in [2.45, 2.75) is 52.0 Å². The monoisotopic (exact) mass is 299 g/mol. The van der Waals surface area contributed by atoms with Crippen molar-refractivity contribution in [2.75, 3.05) is 19.8 Å². The van der Waals surface area contributed by atoms with E-state index < -0.39 is 11.6 Å². The fourth-order valence-electron chi connectivity index (χ4n) is 2.30. The molecule has 2 nitrogen and oxygen atoms in total. The average molecular weight is 299 g/mol. The van der Waals surface area contributed by atoms with Gasteiger partial charge in [-0.3, -0.25) is 0 Å². The van der Waals surface area contributed by atoms with Crippen LogP contribution in [0.4, 0.5) is 8.78 Å². The topological polar surface area (TPSA) is 21.3 Å². The van der Waals surface area contributed by atoms with Crippen molar-refractivity contribution < 1.29 is 13.5 Å². The maximum absolute atomic E-state index is 13.8. The lowest BCUT2D eigenvalue weighted by molar-refractivity contribution is 0.107. The van der Waals surface area contributed by atoms with Crippen LogP contribution in [0, 0.1) is 11.6 Å². The second-order valence-corrected chi connectivity index (χ2v) is 5.24. The van der Waals surface area contributed by atoms with Crippen LogP contribution in [0.15, 0.2) is 18.2 Å². The number of hydrogen-bond donors (Lipinski definition) is 1. The van der Waals surface area contributed by atoms with Crippen molar-refractivity contribution in [2.24, 2.45) is 0 Å². The second kappa shape index (κ2) is 10.7. The summed E-state index contributed by atoms with van der Waals surface area (Å²) in [6.45, 7) is 5.84. The SMILES string of the molecule is CCCCCCCOCC(NCC)c1cccc(F)c1F. The molecule has 1 unspecified atom stereocenters. The third kappa shape index (κ3) is 6.53. The predicted molar refractivity (Wildman–Crippen MR) is 82.4 cm³/mol.